The van der Waals surface area contributed by atoms with E-state index in [1.165, 1.54) is 4.57 Å². The molecule has 2 rings (SSSR count). The van der Waals surface area contributed by atoms with E-state index in [-0.39, 0.29) is 23.3 Å². The zero-order chi connectivity index (χ0) is 20.2. The van der Waals surface area contributed by atoms with E-state index in [1.54, 1.807) is 13.0 Å². The molecule has 1 aromatic carbocycles. The van der Waals surface area contributed by atoms with Crippen molar-refractivity contribution >= 4 is 32.7 Å². The summed E-state index contributed by atoms with van der Waals surface area (Å²) in [5.41, 5.74) is -0.216. The SMILES string of the molecule is CCCCOc1c(C(=O)OCC)n(CC(C)(C)C)c(=O)c2ccc(Br)cc12. The normalized spacial score (nSPS) is 11.6. The van der Waals surface area contributed by atoms with Crippen LogP contribution in [0.3, 0.4) is 0 Å². The molecule has 5 nitrogen and oxygen atoms in total. The highest BCUT2D eigenvalue weighted by Crippen LogP contribution is 2.32. The monoisotopic (exact) mass is 437 g/mol. The lowest BCUT2D eigenvalue weighted by Gasteiger charge is -2.24. The van der Waals surface area contributed by atoms with Crippen LogP contribution in [-0.4, -0.2) is 23.8 Å². The summed E-state index contributed by atoms with van der Waals surface area (Å²) in [6.45, 7) is 11.0. The third-order valence-electron chi connectivity index (χ3n) is 4.03. The lowest BCUT2D eigenvalue weighted by atomic mass is 9.96. The first kappa shape index (κ1) is 21.5. The van der Waals surface area contributed by atoms with Crippen molar-refractivity contribution in [1.82, 2.24) is 4.57 Å². The number of carbonyl (C=O) groups is 1. The predicted molar refractivity (Wildman–Crippen MR) is 112 cm³/mol. The molecule has 0 saturated heterocycles. The molecule has 0 radical (unpaired) electrons. The van der Waals surface area contributed by atoms with Gasteiger partial charge in [-0.25, -0.2) is 4.79 Å². The van der Waals surface area contributed by atoms with Gasteiger partial charge in [-0.05, 0) is 37.0 Å². The van der Waals surface area contributed by atoms with E-state index < -0.39 is 5.97 Å². The molecule has 0 atom stereocenters. The summed E-state index contributed by atoms with van der Waals surface area (Å²) < 4.78 is 13.6. The maximum atomic E-state index is 13.2. The van der Waals surface area contributed by atoms with Gasteiger partial charge < -0.3 is 9.47 Å². The van der Waals surface area contributed by atoms with E-state index in [0.717, 1.165) is 17.3 Å². The molecule has 0 saturated carbocycles. The first-order chi connectivity index (χ1) is 12.7. The van der Waals surface area contributed by atoms with Crippen molar-refractivity contribution in [2.24, 2.45) is 5.41 Å². The van der Waals surface area contributed by atoms with E-state index in [0.29, 0.717) is 29.7 Å². The van der Waals surface area contributed by atoms with Crippen LogP contribution >= 0.6 is 15.9 Å². The number of pyridine rings is 1. The number of carbonyl (C=O) groups excluding carboxylic acids is 1. The van der Waals surface area contributed by atoms with Gasteiger partial charge in [-0.15, -0.1) is 0 Å². The van der Waals surface area contributed by atoms with Crippen LogP contribution in [0.2, 0.25) is 0 Å². The molecular formula is C21H28BrNO4. The van der Waals surface area contributed by atoms with E-state index in [4.69, 9.17) is 9.47 Å². The second-order valence-electron chi connectivity index (χ2n) is 7.74. The summed E-state index contributed by atoms with van der Waals surface area (Å²) in [4.78, 5) is 26.0. The van der Waals surface area contributed by atoms with Gasteiger partial charge in [-0.2, -0.15) is 0 Å². The predicted octanol–water partition coefficient (Wildman–Crippen LogP) is 5.17. The fourth-order valence-corrected chi connectivity index (χ4v) is 3.24. The summed E-state index contributed by atoms with van der Waals surface area (Å²) in [5, 5.41) is 1.15. The Kier molecular flexibility index (Phi) is 7.09. The Morgan fingerprint density at radius 3 is 2.48 bits per heavy atom. The largest absolute Gasteiger partial charge is 0.490 e. The van der Waals surface area contributed by atoms with Gasteiger partial charge in [-0.1, -0.05) is 50.0 Å². The fraction of sp³-hybridized carbons (Fsp3) is 0.524. The molecule has 0 amide bonds. The molecule has 0 N–H and O–H groups in total. The minimum Gasteiger partial charge on any atom is -0.490 e. The molecule has 0 unspecified atom stereocenters. The van der Waals surface area contributed by atoms with Crippen LogP contribution < -0.4 is 10.3 Å². The molecule has 6 heteroatoms. The number of hydrogen-bond donors (Lipinski definition) is 0. The molecule has 0 fully saturated rings. The first-order valence-electron chi connectivity index (χ1n) is 9.35. The zero-order valence-corrected chi connectivity index (χ0v) is 18.3. The second-order valence-corrected chi connectivity index (χ2v) is 8.66. The van der Waals surface area contributed by atoms with Crippen LogP contribution in [0, 0.1) is 5.41 Å². The zero-order valence-electron chi connectivity index (χ0n) is 16.7. The number of esters is 1. The van der Waals surface area contributed by atoms with Crippen LogP contribution in [0.4, 0.5) is 0 Å². The van der Waals surface area contributed by atoms with Crippen molar-refractivity contribution in [3.05, 3.63) is 38.7 Å². The highest BCUT2D eigenvalue weighted by Gasteiger charge is 2.27. The van der Waals surface area contributed by atoms with Gasteiger partial charge in [0.25, 0.3) is 5.56 Å². The molecule has 1 aromatic heterocycles. The van der Waals surface area contributed by atoms with Gasteiger partial charge in [0.05, 0.1) is 18.6 Å². The number of nitrogens with zero attached hydrogens (tertiary/aromatic N) is 1. The molecule has 0 aliphatic carbocycles. The maximum Gasteiger partial charge on any atom is 0.358 e. The smallest absolute Gasteiger partial charge is 0.358 e. The number of rotatable bonds is 7. The van der Waals surface area contributed by atoms with Crippen molar-refractivity contribution in [3.8, 4) is 5.75 Å². The summed E-state index contributed by atoms with van der Waals surface area (Å²) in [6.07, 6.45) is 1.83. The molecule has 1 heterocycles. The number of benzene rings is 1. The third-order valence-corrected chi connectivity index (χ3v) is 4.53. The van der Waals surface area contributed by atoms with Gasteiger partial charge in [-0.3, -0.25) is 9.36 Å². The minimum atomic E-state index is -0.535. The molecular weight excluding hydrogens is 410 g/mol. The van der Waals surface area contributed by atoms with E-state index in [1.807, 2.05) is 32.9 Å². The maximum absolute atomic E-state index is 13.2. The summed E-state index contributed by atoms with van der Waals surface area (Å²) in [7, 11) is 0. The van der Waals surface area contributed by atoms with Gasteiger partial charge >= 0.3 is 5.97 Å². The molecule has 148 valence electrons. The number of ether oxygens (including phenoxy) is 2. The molecule has 0 aliphatic rings. The Bertz CT molecular complexity index is 880. The van der Waals surface area contributed by atoms with E-state index in [2.05, 4.69) is 22.9 Å². The Morgan fingerprint density at radius 2 is 1.89 bits per heavy atom. The molecule has 0 aliphatic heterocycles. The van der Waals surface area contributed by atoms with Gasteiger partial charge in [0.2, 0.25) is 0 Å². The van der Waals surface area contributed by atoms with Crippen LogP contribution in [0.1, 0.15) is 57.9 Å². The topological polar surface area (TPSA) is 57.5 Å². The van der Waals surface area contributed by atoms with Crippen molar-refractivity contribution in [3.63, 3.8) is 0 Å². The molecule has 2 aromatic rings. The van der Waals surface area contributed by atoms with Crippen LogP contribution in [0.15, 0.2) is 27.5 Å². The van der Waals surface area contributed by atoms with Crippen molar-refractivity contribution < 1.29 is 14.3 Å². The van der Waals surface area contributed by atoms with Gasteiger partial charge in [0, 0.05) is 16.4 Å². The summed E-state index contributed by atoms with van der Waals surface area (Å²) in [6, 6.07) is 5.41. The van der Waals surface area contributed by atoms with E-state index in [9.17, 15) is 9.59 Å². The van der Waals surface area contributed by atoms with E-state index >= 15 is 0 Å². The van der Waals surface area contributed by atoms with Crippen molar-refractivity contribution in [1.29, 1.82) is 0 Å². The van der Waals surface area contributed by atoms with Crippen LogP contribution in [0.5, 0.6) is 5.75 Å². The van der Waals surface area contributed by atoms with Crippen LogP contribution in [0.25, 0.3) is 10.8 Å². The standard InChI is InChI=1S/C21H28BrNO4/c1-6-8-11-27-18-16-12-14(22)9-10-15(16)19(24)23(13-21(3,4)5)17(18)20(25)26-7-2/h9-10,12H,6-8,11,13H2,1-5H3. The quantitative estimate of drug-likeness (QED) is 0.442. The fourth-order valence-electron chi connectivity index (χ4n) is 2.88. The van der Waals surface area contributed by atoms with Gasteiger partial charge in [0.1, 0.15) is 0 Å². The second kappa shape index (κ2) is 8.91. The number of halogens is 1. The highest BCUT2D eigenvalue weighted by molar-refractivity contribution is 9.10. The van der Waals surface area contributed by atoms with Crippen LogP contribution in [-0.2, 0) is 11.3 Å². The minimum absolute atomic E-state index is 0.193. The molecule has 27 heavy (non-hydrogen) atoms. The van der Waals surface area contributed by atoms with Crippen molar-refractivity contribution in [2.75, 3.05) is 13.2 Å². The highest BCUT2D eigenvalue weighted by atomic mass is 79.9. The third kappa shape index (κ3) is 5.12. The summed E-state index contributed by atoms with van der Waals surface area (Å²) in [5.74, 6) is -0.116. The molecule has 0 spiro atoms. The van der Waals surface area contributed by atoms with Crippen molar-refractivity contribution in [2.45, 2.75) is 54.0 Å². The Balaban J connectivity index is 2.85. The lowest BCUT2D eigenvalue weighted by molar-refractivity contribution is 0.0504. The average molecular weight is 438 g/mol. The first-order valence-corrected chi connectivity index (χ1v) is 10.1. The Morgan fingerprint density at radius 1 is 1.19 bits per heavy atom. The Hall–Kier alpha value is -1.82. The number of unbranched alkanes of at least 4 members (excludes halogenated alkanes) is 1. The average Bonchev–Trinajstić information content (AvgIpc) is 2.57. The Labute approximate surface area is 168 Å². The number of aromatic nitrogens is 1. The summed E-state index contributed by atoms with van der Waals surface area (Å²) >= 11 is 3.45. The lowest BCUT2D eigenvalue weighted by Crippen LogP contribution is -2.32. The number of fused-ring (bicyclic) bond motifs is 1. The van der Waals surface area contributed by atoms with Gasteiger partial charge in [0.15, 0.2) is 11.4 Å². The molecule has 0 bridgehead atoms. The number of hydrogen-bond acceptors (Lipinski definition) is 4.